The van der Waals surface area contributed by atoms with Crippen LogP contribution in [0.25, 0.3) is 10.9 Å². The topological polar surface area (TPSA) is 87.6 Å². The number of likely N-dealkylation sites (tertiary alicyclic amines) is 1. The van der Waals surface area contributed by atoms with Gasteiger partial charge in [-0.3, -0.25) is 9.69 Å². The SMILES string of the molecule is CC(=O)NC1CCN(Cc2cc3cc(NC(=O)Nc4ccc(Oc5ccccc5)cc4)ccc3n2C)C1. The zero-order chi connectivity index (χ0) is 25.8. The standard InChI is InChI=1S/C29H31N5O3/c1-20(35)30-24-14-15-34(18-24)19-25-17-21-16-23(10-13-28(21)33(25)2)32-29(36)31-22-8-11-27(12-9-22)37-26-6-4-3-5-7-26/h3-13,16-17,24H,14-15,18-19H2,1-2H3,(H,30,35)(H2,31,32,36). The summed E-state index contributed by atoms with van der Waals surface area (Å²) in [5.41, 5.74) is 3.69. The lowest BCUT2D eigenvalue weighted by molar-refractivity contribution is -0.119. The molecule has 4 aromatic rings. The Labute approximate surface area is 216 Å². The van der Waals surface area contributed by atoms with Crippen LogP contribution in [0.15, 0.2) is 78.9 Å². The Balaban J connectivity index is 1.18. The molecule has 8 nitrogen and oxygen atoms in total. The van der Waals surface area contributed by atoms with Crippen molar-refractivity contribution in [1.82, 2.24) is 14.8 Å². The van der Waals surface area contributed by atoms with Gasteiger partial charge >= 0.3 is 6.03 Å². The van der Waals surface area contributed by atoms with E-state index >= 15 is 0 Å². The van der Waals surface area contributed by atoms with Crippen LogP contribution in [0.3, 0.4) is 0 Å². The molecule has 0 spiro atoms. The van der Waals surface area contributed by atoms with Gasteiger partial charge in [0.1, 0.15) is 11.5 Å². The molecule has 1 fully saturated rings. The van der Waals surface area contributed by atoms with E-state index in [1.165, 1.54) is 5.69 Å². The second-order valence-electron chi connectivity index (χ2n) is 9.41. The van der Waals surface area contributed by atoms with E-state index in [-0.39, 0.29) is 18.0 Å². The molecule has 0 radical (unpaired) electrons. The molecule has 1 aliphatic rings. The first kappa shape index (κ1) is 24.4. The number of nitrogens with one attached hydrogen (secondary N) is 3. The maximum atomic E-state index is 12.6. The maximum absolute atomic E-state index is 12.6. The molecule has 37 heavy (non-hydrogen) atoms. The predicted molar refractivity (Wildman–Crippen MR) is 146 cm³/mol. The number of amides is 3. The lowest BCUT2D eigenvalue weighted by Crippen LogP contribution is -2.35. The van der Waals surface area contributed by atoms with Gasteiger partial charge in [-0.1, -0.05) is 18.2 Å². The Kier molecular flexibility index (Phi) is 7.09. The molecule has 3 amide bonds. The number of aryl methyl sites for hydroxylation is 1. The van der Waals surface area contributed by atoms with E-state index in [2.05, 4.69) is 38.5 Å². The highest BCUT2D eigenvalue weighted by molar-refractivity contribution is 6.01. The minimum atomic E-state index is -0.312. The summed E-state index contributed by atoms with van der Waals surface area (Å²) >= 11 is 0. The van der Waals surface area contributed by atoms with E-state index < -0.39 is 0 Å². The van der Waals surface area contributed by atoms with Crippen LogP contribution >= 0.6 is 0 Å². The Bertz CT molecular complexity index is 1400. The number of hydrogen-bond acceptors (Lipinski definition) is 4. The number of urea groups is 1. The average molecular weight is 498 g/mol. The second kappa shape index (κ2) is 10.8. The minimum Gasteiger partial charge on any atom is -0.457 e. The smallest absolute Gasteiger partial charge is 0.323 e. The predicted octanol–water partition coefficient (Wildman–Crippen LogP) is 5.33. The van der Waals surface area contributed by atoms with Crippen molar-refractivity contribution in [3.05, 3.63) is 84.6 Å². The van der Waals surface area contributed by atoms with Crippen molar-refractivity contribution in [2.45, 2.75) is 25.9 Å². The Morgan fingerprint density at radius 1 is 0.919 bits per heavy atom. The van der Waals surface area contributed by atoms with Crippen LogP contribution in [0.2, 0.25) is 0 Å². The monoisotopic (exact) mass is 497 g/mol. The van der Waals surface area contributed by atoms with Crippen molar-refractivity contribution >= 4 is 34.2 Å². The third-order valence-electron chi connectivity index (χ3n) is 6.56. The van der Waals surface area contributed by atoms with Gasteiger partial charge in [-0.2, -0.15) is 0 Å². The summed E-state index contributed by atoms with van der Waals surface area (Å²) in [4.78, 5) is 26.3. The first-order valence-corrected chi connectivity index (χ1v) is 12.4. The highest BCUT2D eigenvalue weighted by Gasteiger charge is 2.23. The molecule has 0 saturated carbocycles. The number of benzene rings is 3. The normalized spacial score (nSPS) is 15.5. The molecule has 1 saturated heterocycles. The molecule has 2 heterocycles. The molecule has 1 unspecified atom stereocenters. The summed E-state index contributed by atoms with van der Waals surface area (Å²) in [5.74, 6) is 1.48. The summed E-state index contributed by atoms with van der Waals surface area (Å²) in [6.45, 7) is 4.19. The minimum absolute atomic E-state index is 0.0228. The van der Waals surface area contributed by atoms with Crippen molar-refractivity contribution in [2.24, 2.45) is 7.05 Å². The van der Waals surface area contributed by atoms with Crippen LogP contribution in [0, 0.1) is 0 Å². The Morgan fingerprint density at radius 2 is 1.62 bits per heavy atom. The molecule has 3 aromatic carbocycles. The number of para-hydroxylation sites is 1. The lowest BCUT2D eigenvalue weighted by Gasteiger charge is -2.17. The summed E-state index contributed by atoms with van der Waals surface area (Å²) in [6.07, 6.45) is 0.968. The number of nitrogens with zero attached hydrogens (tertiary/aromatic N) is 2. The van der Waals surface area contributed by atoms with Crippen LogP contribution in [-0.2, 0) is 18.4 Å². The Morgan fingerprint density at radius 3 is 2.38 bits per heavy atom. The van der Waals surface area contributed by atoms with Crippen LogP contribution in [0.4, 0.5) is 16.2 Å². The van der Waals surface area contributed by atoms with Gasteiger partial charge in [-0.15, -0.1) is 0 Å². The van der Waals surface area contributed by atoms with Gasteiger partial charge in [0.15, 0.2) is 0 Å². The largest absolute Gasteiger partial charge is 0.457 e. The molecule has 8 heteroatoms. The van der Waals surface area contributed by atoms with Gasteiger partial charge in [0.2, 0.25) is 5.91 Å². The van der Waals surface area contributed by atoms with Gasteiger partial charge in [-0.25, -0.2) is 4.79 Å². The maximum Gasteiger partial charge on any atom is 0.323 e. The molecule has 1 aliphatic heterocycles. The van der Waals surface area contributed by atoms with E-state index in [1.54, 1.807) is 19.1 Å². The third-order valence-corrected chi connectivity index (χ3v) is 6.56. The van der Waals surface area contributed by atoms with Crippen molar-refractivity contribution in [3.8, 4) is 11.5 Å². The summed E-state index contributed by atoms with van der Waals surface area (Å²) in [7, 11) is 2.06. The number of rotatable bonds is 7. The lowest BCUT2D eigenvalue weighted by atomic mass is 10.2. The second-order valence-corrected chi connectivity index (χ2v) is 9.41. The number of fused-ring (bicyclic) bond motifs is 1. The quantitative estimate of drug-likeness (QED) is 0.322. The molecule has 5 rings (SSSR count). The van der Waals surface area contributed by atoms with Crippen molar-refractivity contribution < 1.29 is 14.3 Å². The summed E-state index contributed by atoms with van der Waals surface area (Å²) < 4.78 is 7.98. The fourth-order valence-corrected chi connectivity index (χ4v) is 4.77. The van der Waals surface area contributed by atoms with Crippen molar-refractivity contribution in [1.29, 1.82) is 0 Å². The van der Waals surface area contributed by atoms with Gasteiger partial charge < -0.3 is 25.3 Å². The fourth-order valence-electron chi connectivity index (χ4n) is 4.77. The van der Waals surface area contributed by atoms with E-state index in [4.69, 9.17) is 4.74 Å². The van der Waals surface area contributed by atoms with Gasteiger partial charge in [0, 0.05) is 67.6 Å². The van der Waals surface area contributed by atoms with Crippen LogP contribution in [0.1, 0.15) is 19.0 Å². The number of anilines is 2. The third kappa shape index (κ3) is 6.10. The molecular formula is C29H31N5O3. The first-order chi connectivity index (χ1) is 17.9. The zero-order valence-corrected chi connectivity index (χ0v) is 21.0. The molecule has 0 aliphatic carbocycles. The van der Waals surface area contributed by atoms with Gasteiger partial charge in [0.05, 0.1) is 0 Å². The highest BCUT2D eigenvalue weighted by Crippen LogP contribution is 2.26. The van der Waals surface area contributed by atoms with E-state index in [9.17, 15) is 9.59 Å². The van der Waals surface area contributed by atoms with E-state index in [1.807, 2.05) is 60.7 Å². The van der Waals surface area contributed by atoms with Crippen molar-refractivity contribution in [3.63, 3.8) is 0 Å². The molecule has 1 atom stereocenters. The summed E-state index contributed by atoms with van der Waals surface area (Å²) in [5, 5.41) is 9.87. The van der Waals surface area contributed by atoms with Crippen LogP contribution in [-0.4, -0.2) is 40.5 Å². The number of carbonyl (C=O) groups excluding carboxylic acids is 2. The van der Waals surface area contributed by atoms with Crippen molar-refractivity contribution in [2.75, 3.05) is 23.7 Å². The number of ether oxygens (including phenoxy) is 1. The van der Waals surface area contributed by atoms with Crippen LogP contribution in [0.5, 0.6) is 11.5 Å². The molecule has 1 aromatic heterocycles. The molecule has 3 N–H and O–H groups in total. The highest BCUT2D eigenvalue weighted by atomic mass is 16.5. The van der Waals surface area contributed by atoms with Gasteiger partial charge in [0.25, 0.3) is 0 Å². The number of hydrogen-bond donors (Lipinski definition) is 3. The van der Waals surface area contributed by atoms with E-state index in [0.29, 0.717) is 11.4 Å². The average Bonchev–Trinajstić information content (AvgIpc) is 3.44. The molecule has 190 valence electrons. The summed E-state index contributed by atoms with van der Waals surface area (Å²) in [6, 6.07) is 24.8. The van der Waals surface area contributed by atoms with Gasteiger partial charge in [-0.05, 0) is 67.1 Å². The van der Waals surface area contributed by atoms with Crippen LogP contribution < -0.4 is 20.7 Å². The fraction of sp³-hybridized carbons (Fsp3) is 0.241. The van der Waals surface area contributed by atoms with E-state index in [0.717, 1.165) is 48.4 Å². The molecule has 0 bridgehead atoms. The first-order valence-electron chi connectivity index (χ1n) is 12.4. The number of aromatic nitrogens is 1. The zero-order valence-electron chi connectivity index (χ0n) is 21.0. The Hall–Kier alpha value is -4.30. The molecular weight excluding hydrogens is 466 g/mol. The number of carbonyl (C=O) groups is 2.